The van der Waals surface area contributed by atoms with Crippen molar-refractivity contribution in [1.29, 1.82) is 0 Å². The zero-order valence-electron chi connectivity index (χ0n) is 15.1. The van der Waals surface area contributed by atoms with E-state index < -0.39 is 0 Å². The minimum absolute atomic E-state index is 0.00927. The number of thiophene rings is 1. The van der Waals surface area contributed by atoms with Gasteiger partial charge in [0.25, 0.3) is 5.91 Å². The smallest absolute Gasteiger partial charge is 0.266 e. The van der Waals surface area contributed by atoms with Crippen LogP contribution in [0.2, 0.25) is 0 Å². The molecule has 2 amide bonds. The molecule has 5 nitrogen and oxygen atoms in total. The van der Waals surface area contributed by atoms with Gasteiger partial charge < -0.3 is 4.90 Å². The second-order valence-electron chi connectivity index (χ2n) is 6.67. The van der Waals surface area contributed by atoms with Gasteiger partial charge in [0.15, 0.2) is 0 Å². The number of pyridine rings is 1. The fraction of sp³-hybridized carbons (Fsp3) is 0.300. The molecule has 4 rings (SSSR count). The molecule has 144 valence electrons. The first-order valence-electron chi connectivity index (χ1n) is 9.12. The van der Waals surface area contributed by atoms with Crippen molar-refractivity contribution in [1.82, 2.24) is 14.8 Å². The lowest BCUT2D eigenvalue weighted by molar-refractivity contribution is -0.138. The lowest BCUT2D eigenvalue weighted by Gasteiger charge is -2.36. The first-order valence-corrected chi connectivity index (χ1v) is 11.2. The van der Waals surface area contributed by atoms with E-state index in [0.717, 1.165) is 29.7 Å². The van der Waals surface area contributed by atoms with Gasteiger partial charge in [-0.25, -0.2) is 0 Å². The third-order valence-corrected chi connectivity index (χ3v) is 7.07. The van der Waals surface area contributed by atoms with Crippen LogP contribution < -0.4 is 0 Å². The molecule has 0 unspecified atom stereocenters. The standard InChI is InChI=1S/C20H19N3O2S3/c24-18(22-9-2-1-7-16(22)14-5-3-8-21-12-14)13-23-19(25)17(28-20(23)26)11-15-6-4-10-27-15/h3-6,8,10-12,16H,1-2,7,9,13H2/b17-11+/t16-/m1/s1. The van der Waals surface area contributed by atoms with Gasteiger partial charge in [0, 0.05) is 23.8 Å². The second kappa shape index (κ2) is 8.55. The number of piperidine rings is 1. The molecule has 2 fully saturated rings. The van der Waals surface area contributed by atoms with E-state index >= 15 is 0 Å². The molecule has 4 heterocycles. The predicted molar refractivity (Wildman–Crippen MR) is 117 cm³/mol. The van der Waals surface area contributed by atoms with Crippen LogP contribution >= 0.6 is 35.3 Å². The van der Waals surface area contributed by atoms with Gasteiger partial charge in [0.2, 0.25) is 5.91 Å². The monoisotopic (exact) mass is 429 g/mol. The van der Waals surface area contributed by atoms with Crippen LogP contribution in [0.5, 0.6) is 0 Å². The summed E-state index contributed by atoms with van der Waals surface area (Å²) in [7, 11) is 0. The quantitative estimate of drug-likeness (QED) is 0.541. The molecule has 2 aromatic rings. The van der Waals surface area contributed by atoms with Gasteiger partial charge in [0.1, 0.15) is 10.9 Å². The second-order valence-corrected chi connectivity index (χ2v) is 9.32. The Balaban J connectivity index is 1.49. The van der Waals surface area contributed by atoms with Crippen LogP contribution in [0.25, 0.3) is 6.08 Å². The third-order valence-electron chi connectivity index (χ3n) is 4.88. The third kappa shape index (κ3) is 4.04. The molecule has 28 heavy (non-hydrogen) atoms. The molecule has 2 aliphatic heterocycles. The van der Waals surface area contributed by atoms with E-state index in [-0.39, 0.29) is 24.4 Å². The van der Waals surface area contributed by atoms with Crippen LogP contribution in [-0.2, 0) is 9.59 Å². The van der Waals surface area contributed by atoms with Gasteiger partial charge in [0.05, 0.1) is 10.9 Å². The SMILES string of the molecule is O=C1/C(=C\c2cccs2)SC(=S)N1CC(=O)N1CCCC[C@@H]1c1cccnc1. The van der Waals surface area contributed by atoms with E-state index in [9.17, 15) is 9.59 Å². The van der Waals surface area contributed by atoms with Gasteiger partial charge >= 0.3 is 0 Å². The summed E-state index contributed by atoms with van der Waals surface area (Å²) >= 11 is 8.21. The molecule has 2 aromatic heterocycles. The van der Waals surface area contributed by atoms with Crippen LogP contribution in [-0.4, -0.2) is 44.0 Å². The van der Waals surface area contributed by atoms with E-state index in [1.807, 2.05) is 46.8 Å². The first kappa shape index (κ1) is 19.3. The number of rotatable bonds is 4. The minimum atomic E-state index is -0.188. The van der Waals surface area contributed by atoms with E-state index in [2.05, 4.69) is 4.98 Å². The fourth-order valence-electron chi connectivity index (χ4n) is 3.51. The van der Waals surface area contributed by atoms with Crippen LogP contribution in [0.15, 0.2) is 46.9 Å². The van der Waals surface area contributed by atoms with Crippen LogP contribution in [0.4, 0.5) is 0 Å². The number of carbonyl (C=O) groups is 2. The predicted octanol–water partition coefficient (Wildman–Crippen LogP) is 4.10. The number of thiocarbonyl (C=S) groups is 1. The van der Waals surface area contributed by atoms with Gasteiger partial charge in [-0.15, -0.1) is 11.3 Å². The first-order chi connectivity index (χ1) is 13.6. The summed E-state index contributed by atoms with van der Waals surface area (Å²) in [6.45, 7) is 0.682. The Labute approximate surface area is 177 Å². The number of hydrogen-bond acceptors (Lipinski definition) is 6. The fourth-order valence-corrected chi connectivity index (χ4v) is 5.49. The Hall–Kier alpha value is -2.03. The number of carbonyl (C=O) groups excluding carboxylic acids is 2. The maximum absolute atomic E-state index is 13.1. The van der Waals surface area contributed by atoms with Crippen molar-refractivity contribution < 1.29 is 9.59 Å². The van der Waals surface area contributed by atoms with Crippen molar-refractivity contribution in [3.63, 3.8) is 0 Å². The molecule has 0 saturated carbocycles. The Morgan fingerprint density at radius 2 is 2.21 bits per heavy atom. The van der Waals surface area contributed by atoms with Crippen molar-refractivity contribution in [3.8, 4) is 0 Å². The van der Waals surface area contributed by atoms with Gasteiger partial charge in [-0.05, 0) is 48.4 Å². The summed E-state index contributed by atoms with van der Waals surface area (Å²) in [6, 6.07) is 7.80. The van der Waals surface area contributed by atoms with E-state index in [4.69, 9.17) is 12.2 Å². The molecule has 8 heteroatoms. The summed E-state index contributed by atoms with van der Waals surface area (Å²) in [6.07, 6.45) is 8.35. The largest absolute Gasteiger partial charge is 0.334 e. The van der Waals surface area contributed by atoms with E-state index in [1.54, 1.807) is 17.5 Å². The maximum atomic E-state index is 13.1. The zero-order valence-corrected chi connectivity index (χ0v) is 17.6. The van der Waals surface area contributed by atoms with Crippen LogP contribution in [0.1, 0.15) is 35.7 Å². The van der Waals surface area contributed by atoms with Crippen molar-refractivity contribution in [3.05, 3.63) is 57.4 Å². The molecule has 2 saturated heterocycles. The average Bonchev–Trinajstić information content (AvgIpc) is 3.33. The Kier molecular flexibility index (Phi) is 5.89. The number of amides is 2. The van der Waals surface area contributed by atoms with E-state index in [1.165, 1.54) is 16.7 Å². The van der Waals surface area contributed by atoms with Gasteiger partial charge in [-0.2, -0.15) is 0 Å². The number of likely N-dealkylation sites (tertiary alicyclic amines) is 1. The normalized spacial score (nSPS) is 21.6. The van der Waals surface area contributed by atoms with Crippen molar-refractivity contribution in [2.45, 2.75) is 25.3 Å². The highest BCUT2D eigenvalue weighted by Gasteiger charge is 2.36. The molecular formula is C20H19N3O2S3. The van der Waals surface area contributed by atoms with Crippen molar-refractivity contribution in [2.75, 3.05) is 13.1 Å². The summed E-state index contributed by atoms with van der Waals surface area (Å²) in [5, 5.41) is 1.96. The highest BCUT2D eigenvalue weighted by Crippen LogP contribution is 2.35. The number of thioether (sulfide) groups is 1. The topological polar surface area (TPSA) is 53.5 Å². The molecule has 0 spiro atoms. The molecule has 2 aliphatic rings. The minimum Gasteiger partial charge on any atom is -0.334 e. The zero-order chi connectivity index (χ0) is 19.5. The van der Waals surface area contributed by atoms with Crippen LogP contribution in [0, 0.1) is 0 Å². The lowest BCUT2D eigenvalue weighted by atomic mass is 9.96. The number of nitrogens with zero attached hydrogens (tertiary/aromatic N) is 3. The summed E-state index contributed by atoms with van der Waals surface area (Å²) in [4.78, 5) is 34.9. The highest BCUT2D eigenvalue weighted by molar-refractivity contribution is 8.26. The molecule has 1 atom stereocenters. The molecule has 0 aliphatic carbocycles. The summed E-state index contributed by atoms with van der Waals surface area (Å²) < 4.78 is 0.441. The Bertz CT molecular complexity index is 912. The van der Waals surface area contributed by atoms with Crippen molar-refractivity contribution in [2.24, 2.45) is 0 Å². The van der Waals surface area contributed by atoms with Gasteiger partial charge in [-0.1, -0.05) is 36.1 Å². The van der Waals surface area contributed by atoms with Gasteiger partial charge in [-0.3, -0.25) is 19.5 Å². The molecule has 0 N–H and O–H groups in total. The lowest BCUT2D eigenvalue weighted by Crippen LogP contribution is -2.45. The van der Waals surface area contributed by atoms with Crippen LogP contribution in [0.3, 0.4) is 0 Å². The summed E-state index contributed by atoms with van der Waals surface area (Å²) in [5.41, 5.74) is 1.04. The molecule has 0 radical (unpaired) electrons. The highest BCUT2D eigenvalue weighted by atomic mass is 32.2. The Morgan fingerprint density at radius 1 is 1.32 bits per heavy atom. The summed E-state index contributed by atoms with van der Waals surface area (Å²) in [5.74, 6) is -0.256. The Morgan fingerprint density at radius 3 is 2.96 bits per heavy atom. The maximum Gasteiger partial charge on any atom is 0.266 e. The van der Waals surface area contributed by atoms with E-state index in [0.29, 0.717) is 15.8 Å². The molecular weight excluding hydrogens is 410 g/mol. The number of hydrogen-bond donors (Lipinski definition) is 0. The molecule has 0 bridgehead atoms. The van der Waals surface area contributed by atoms with Crippen molar-refractivity contribution >= 4 is 57.5 Å². The average molecular weight is 430 g/mol. The molecule has 0 aromatic carbocycles. The number of aromatic nitrogens is 1.